The molecular weight excluding hydrogens is 210 g/mol. The van der Waals surface area contributed by atoms with Crippen molar-refractivity contribution >= 4 is 11.9 Å². The Bertz CT molecular complexity index is 268. The van der Waals surface area contributed by atoms with Crippen LogP contribution in [-0.2, 0) is 9.59 Å². The highest BCUT2D eigenvalue weighted by molar-refractivity contribution is 5.83. The standard InChI is InChI=1S/C10H19N3O3/c1-12(2)4-3-5-13-7-8(10(15)16)11-6-9(13)14/h8,11H,3-7H2,1-2H3,(H,15,16). The van der Waals surface area contributed by atoms with E-state index in [-0.39, 0.29) is 19.0 Å². The number of carbonyl (C=O) groups is 2. The van der Waals surface area contributed by atoms with E-state index in [1.807, 2.05) is 19.0 Å². The first-order valence-corrected chi connectivity index (χ1v) is 5.39. The molecular formula is C10H19N3O3. The van der Waals surface area contributed by atoms with Gasteiger partial charge in [-0.25, -0.2) is 0 Å². The van der Waals surface area contributed by atoms with Crippen LogP contribution in [0, 0.1) is 0 Å². The maximum atomic E-state index is 11.5. The van der Waals surface area contributed by atoms with E-state index < -0.39 is 12.0 Å². The number of aliphatic carboxylic acids is 1. The van der Waals surface area contributed by atoms with Gasteiger partial charge < -0.3 is 14.9 Å². The van der Waals surface area contributed by atoms with E-state index in [2.05, 4.69) is 5.32 Å². The smallest absolute Gasteiger partial charge is 0.322 e. The predicted octanol–water partition coefficient (Wildman–Crippen LogP) is -1.18. The van der Waals surface area contributed by atoms with Crippen molar-refractivity contribution in [3.05, 3.63) is 0 Å². The van der Waals surface area contributed by atoms with Crippen molar-refractivity contribution in [1.82, 2.24) is 15.1 Å². The molecule has 0 bridgehead atoms. The molecule has 1 fully saturated rings. The lowest BCUT2D eigenvalue weighted by atomic mass is 10.2. The average Bonchev–Trinajstić information content (AvgIpc) is 2.20. The second-order valence-electron chi connectivity index (χ2n) is 4.27. The fraction of sp³-hybridized carbons (Fsp3) is 0.800. The molecule has 0 saturated carbocycles. The van der Waals surface area contributed by atoms with Gasteiger partial charge in [-0.2, -0.15) is 0 Å². The third kappa shape index (κ3) is 3.79. The van der Waals surface area contributed by atoms with Gasteiger partial charge in [0.25, 0.3) is 0 Å². The number of amides is 1. The molecule has 0 aromatic carbocycles. The summed E-state index contributed by atoms with van der Waals surface area (Å²) in [5, 5.41) is 11.5. The second kappa shape index (κ2) is 5.81. The third-order valence-electron chi connectivity index (χ3n) is 2.59. The molecule has 6 heteroatoms. The van der Waals surface area contributed by atoms with Crippen molar-refractivity contribution in [3.8, 4) is 0 Å². The molecule has 0 aromatic heterocycles. The molecule has 1 heterocycles. The minimum atomic E-state index is -0.898. The van der Waals surface area contributed by atoms with Crippen molar-refractivity contribution in [1.29, 1.82) is 0 Å². The number of nitrogens with one attached hydrogen (secondary N) is 1. The van der Waals surface area contributed by atoms with Crippen molar-refractivity contribution in [3.63, 3.8) is 0 Å². The van der Waals surface area contributed by atoms with E-state index >= 15 is 0 Å². The van der Waals surface area contributed by atoms with Gasteiger partial charge in [0.1, 0.15) is 6.04 Å². The second-order valence-corrected chi connectivity index (χ2v) is 4.27. The third-order valence-corrected chi connectivity index (χ3v) is 2.59. The van der Waals surface area contributed by atoms with Crippen molar-refractivity contribution in [2.45, 2.75) is 12.5 Å². The Hall–Kier alpha value is -1.14. The fourth-order valence-electron chi connectivity index (χ4n) is 1.67. The summed E-state index contributed by atoms with van der Waals surface area (Å²) in [6.45, 7) is 1.91. The Labute approximate surface area is 95.2 Å². The molecule has 16 heavy (non-hydrogen) atoms. The van der Waals surface area contributed by atoms with Crippen LogP contribution in [0.5, 0.6) is 0 Å². The average molecular weight is 229 g/mol. The lowest BCUT2D eigenvalue weighted by Gasteiger charge is -2.31. The van der Waals surface area contributed by atoms with Gasteiger partial charge in [0.2, 0.25) is 5.91 Å². The number of piperazine rings is 1. The van der Waals surface area contributed by atoms with Crippen LogP contribution in [0.15, 0.2) is 0 Å². The Morgan fingerprint density at radius 3 is 2.88 bits per heavy atom. The van der Waals surface area contributed by atoms with Crippen molar-refractivity contribution < 1.29 is 14.7 Å². The summed E-state index contributed by atoms with van der Waals surface area (Å²) in [7, 11) is 3.94. The van der Waals surface area contributed by atoms with Crippen LogP contribution in [0.3, 0.4) is 0 Å². The van der Waals surface area contributed by atoms with E-state index in [1.165, 1.54) is 0 Å². The zero-order valence-electron chi connectivity index (χ0n) is 9.77. The van der Waals surface area contributed by atoms with Gasteiger partial charge in [-0.3, -0.25) is 14.9 Å². The molecule has 0 spiro atoms. The molecule has 1 unspecified atom stereocenters. The van der Waals surface area contributed by atoms with E-state index in [0.717, 1.165) is 13.0 Å². The van der Waals surface area contributed by atoms with Crippen LogP contribution in [0.2, 0.25) is 0 Å². The first-order valence-electron chi connectivity index (χ1n) is 5.39. The highest BCUT2D eigenvalue weighted by Crippen LogP contribution is 2.02. The van der Waals surface area contributed by atoms with Gasteiger partial charge in [-0.15, -0.1) is 0 Å². The van der Waals surface area contributed by atoms with Crippen LogP contribution in [0.25, 0.3) is 0 Å². The van der Waals surface area contributed by atoms with Gasteiger partial charge in [-0.05, 0) is 27.1 Å². The van der Waals surface area contributed by atoms with Gasteiger partial charge >= 0.3 is 5.97 Å². The predicted molar refractivity (Wildman–Crippen MR) is 59.2 cm³/mol. The number of hydrogen-bond donors (Lipinski definition) is 2. The molecule has 1 amide bonds. The van der Waals surface area contributed by atoms with Gasteiger partial charge in [0.05, 0.1) is 6.54 Å². The molecule has 1 saturated heterocycles. The first kappa shape index (κ1) is 12.9. The molecule has 2 N–H and O–H groups in total. The summed E-state index contributed by atoms with van der Waals surface area (Å²) in [6.07, 6.45) is 0.866. The highest BCUT2D eigenvalue weighted by atomic mass is 16.4. The van der Waals surface area contributed by atoms with E-state index in [1.54, 1.807) is 4.90 Å². The first-order chi connectivity index (χ1) is 7.50. The Morgan fingerprint density at radius 2 is 2.31 bits per heavy atom. The minimum absolute atomic E-state index is 0.0174. The number of carboxylic acids is 1. The summed E-state index contributed by atoms with van der Waals surface area (Å²) in [5.41, 5.74) is 0. The molecule has 1 aliphatic rings. The van der Waals surface area contributed by atoms with E-state index in [4.69, 9.17) is 5.11 Å². The zero-order valence-corrected chi connectivity index (χ0v) is 9.77. The van der Waals surface area contributed by atoms with Crippen LogP contribution in [0.4, 0.5) is 0 Å². The maximum Gasteiger partial charge on any atom is 0.322 e. The number of hydrogen-bond acceptors (Lipinski definition) is 4. The quantitative estimate of drug-likeness (QED) is 0.621. The van der Waals surface area contributed by atoms with E-state index in [0.29, 0.717) is 6.54 Å². The SMILES string of the molecule is CN(C)CCCN1CC(C(=O)O)NCC1=O. The number of carboxylic acid groups (broad SMARTS) is 1. The fourth-order valence-corrected chi connectivity index (χ4v) is 1.67. The summed E-state index contributed by atoms with van der Waals surface area (Å²) < 4.78 is 0. The van der Waals surface area contributed by atoms with Crippen molar-refractivity contribution in [2.24, 2.45) is 0 Å². The Morgan fingerprint density at radius 1 is 1.62 bits per heavy atom. The monoisotopic (exact) mass is 229 g/mol. The molecule has 0 aliphatic carbocycles. The van der Waals surface area contributed by atoms with Crippen molar-refractivity contribution in [2.75, 3.05) is 40.3 Å². The summed E-state index contributed by atoms with van der Waals surface area (Å²) >= 11 is 0. The number of nitrogens with zero attached hydrogens (tertiary/aromatic N) is 2. The minimum Gasteiger partial charge on any atom is -0.480 e. The number of carbonyl (C=O) groups excluding carboxylic acids is 1. The number of rotatable bonds is 5. The topological polar surface area (TPSA) is 72.9 Å². The molecule has 6 nitrogen and oxygen atoms in total. The van der Waals surface area contributed by atoms with Gasteiger partial charge in [0, 0.05) is 13.1 Å². The summed E-state index contributed by atoms with van der Waals surface area (Å²) in [4.78, 5) is 25.9. The maximum absolute atomic E-state index is 11.5. The van der Waals surface area contributed by atoms with Gasteiger partial charge in [0.15, 0.2) is 0 Å². The largest absolute Gasteiger partial charge is 0.480 e. The summed E-state index contributed by atoms with van der Waals surface area (Å²) in [5.74, 6) is -0.915. The Balaban J connectivity index is 2.38. The van der Waals surface area contributed by atoms with E-state index in [9.17, 15) is 9.59 Å². The molecule has 0 radical (unpaired) electrons. The van der Waals surface area contributed by atoms with Crippen LogP contribution in [0.1, 0.15) is 6.42 Å². The summed E-state index contributed by atoms with van der Waals surface area (Å²) in [6, 6.07) is -0.628. The zero-order chi connectivity index (χ0) is 12.1. The molecule has 1 rings (SSSR count). The van der Waals surface area contributed by atoms with Gasteiger partial charge in [-0.1, -0.05) is 0 Å². The van der Waals surface area contributed by atoms with Crippen LogP contribution >= 0.6 is 0 Å². The lowest BCUT2D eigenvalue weighted by Crippen LogP contribution is -2.57. The molecule has 0 aromatic rings. The molecule has 1 aliphatic heterocycles. The highest BCUT2D eigenvalue weighted by Gasteiger charge is 2.28. The van der Waals surface area contributed by atoms with Crippen LogP contribution in [-0.4, -0.2) is 73.1 Å². The lowest BCUT2D eigenvalue weighted by molar-refractivity contribution is -0.144. The molecule has 1 atom stereocenters. The molecule has 92 valence electrons. The van der Waals surface area contributed by atoms with Crippen LogP contribution < -0.4 is 5.32 Å². The normalized spacial score (nSPS) is 21.6. The Kier molecular flexibility index (Phi) is 4.70.